The van der Waals surface area contributed by atoms with Crippen molar-refractivity contribution in [1.29, 1.82) is 0 Å². The molecule has 0 atom stereocenters. The smallest absolute Gasteiger partial charge is 0.183 e. The molecule has 14 heavy (non-hydrogen) atoms. The van der Waals surface area contributed by atoms with Crippen molar-refractivity contribution in [3.8, 4) is 0 Å². The van der Waals surface area contributed by atoms with E-state index in [0.717, 1.165) is 17.3 Å². The van der Waals surface area contributed by atoms with Crippen LogP contribution in [0.4, 0.5) is 5.13 Å². The molecule has 0 amide bonds. The van der Waals surface area contributed by atoms with Crippen molar-refractivity contribution in [1.82, 2.24) is 4.98 Å². The van der Waals surface area contributed by atoms with E-state index in [0.29, 0.717) is 6.54 Å². The number of furan rings is 1. The second-order valence-electron chi connectivity index (χ2n) is 2.92. The summed E-state index contributed by atoms with van der Waals surface area (Å²) in [5.41, 5.74) is 0. The third kappa shape index (κ3) is 2.14. The first-order valence-electron chi connectivity index (χ1n) is 4.59. The van der Waals surface area contributed by atoms with Crippen molar-refractivity contribution < 1.29 is 4.42 Å². The van der Waals surface area contributed by atoms with Crippen LogP contribution in [-0.4, -0.2) is 4.98 Å². The Balaban J connectivity index is 1.92. The summed E-state index contributed by atoms with van der Waals surface area (Å²) >= 11 is 1.69. The molecule has 0 aliphatic rings. The molecule has 0 radical (unpaired) electrons. The van der Waals surface area contributed by atoms with Crippen molar-refractivity contribution in [3.05, 3.63) is 35.2 Å². The Morgan fingerprint density at radius 3 is 3.14 bits per heavy atom. The molecule has 0 saturated heterocycles. The van der Waals surface area contributed by atoms with Gasteiger partial charge in [0.1, 0.15) is 5.76 Å². The Hall–Kier alpha value is -1.29. The number of aryl methyl sites for hydroxylation is 1. The van der Waals surface area contributed by atoms with E-state index in [2.05, 4.69) is 17.2 Å². The number of anilines is 1. The lowest BCUT2D eigenvalue weighted by Crippen LogP contribution is -1.96. The van der Waals surface area contributed by atoms with Gasteiger partial charge >= 0.3 is 0 Å². The SMILES string of the molecule is CCc1cnc(NCc2ccco2)s1. The predicted molar refractivity (Wildman–Crippen MR) is 57.5 cm³/mol. The zero-order valence-electron chi connectivity index (χ0n) is 7.99. The molecule has 4 heteroatoms. The molecular weight excluding hydrogens is 196 g/mol. The summed E-state index contributed by atoms with van der Waals surface area (Å²) in [5.74, 6) is 0.929. The average molecular weight is 208 g/mol. The van der Waals surface area contributed by atoms with Crippen LogP contribution in [0.25, 0.3) is 0 Å². The van der Waals surface area contributed by atoms with Crippen LogP contribution in [0.2, 0.25) is 0 Å². The zero-order valence-corrected chi connectivity index (χ0v) is 8.80. The van der Waals surface area contributed by atoms with E-state index in [1.54, 1.807) is 17.6 Å². The molecule has 0 fully saturated rings. The van der Waals surface area contributed by atoms with Crippen molar-refractivity contribution in [2.75, 3.05) is 5.32 Å². The first-order valence-corrected chi connectivity index (χ1v) is 5.41. The van der Waals surface area contributed by atoms with E-state index in [9.17, 15) is 0 Å². The molecule has 2 aromatic heterocycles. The van der Waals surface area contributed by atoms with Gasteiger partial charge in [-0.05, 0) is 18.6 Å². The van der Waals surface area contributed by atoms with Crippen molar-refractivity contribution in [2.45, 2.75) is 19.9 Å². The standard InChI is InChI=1S/C10H12N2OS/c1-2-9-7-12-10(14-9)11-6-8-4-3-5-13-8/h3-5,7H,2,6H2,1H3,(H,11,12). The molecule has 0 aliphatic heterocycles. The molecule has 0 aromatic carbocycles. The van der Waals surface area contributed by atoms with Gasteiger partial charge in [0.25, 0.3) is 0 Å². The fraction of sp³-hybridized carbons (Fsp3) is 0.300. The Bertz CT molecular complexity index is 380. The van der Waals surface area contributed by atoms with E-state index in [1.807, 2.05) is 18.3 Å². The molecule has 2 heterocycles. The molecular formula is C10H12N2OS. The predicted octanol–water partition coefficient (Wildman–Crippen LogP) is 2.91. The van der Waals surface area contributed by atoms with Crippen LogP contribution in [0.15, 0.2) is 29.0 Å². The normalized spacial score (nSPS) is 10.4. The quantitative estimate of drug-likeness (QED) is 0.839. The number of rotatable bonds is 4. The lowest BCUT2D eigenvalue weighted by Gasteiger charge is -1.97. The monoisotopic (exact) mass is 208 g/mol. The summed E-state index contributed by atoms with van der Waals surface area (Å²) in [6.07, 6.45) is 4.63. The molecule has 3 nitrogen and oxygen atoms in total. The van der Waals surface area contributed by atoms with E-state index >= 15 is 0 Å². The Labute approximate surface area is 86.8 Å². The first kappa shape index (κ1) is 9.27. The van der Waals surface area contributed by atoms with Crippen LogP contribution in [0.5, 0.6) is 0 Å². The lowest BCUT2D eigenvalue weighted by molar-refractivity contribution is 0.518. The summed E-state index contributed by atoms with van der Waals surface area (Å²) in [6, 6.07) is 3.83. The number of nitrogens with zero attached hydrogens (tertiary/aromatic N) is 1. The highest BCUT2D eigenvalue weighted by Crippen LogP contribution is 2.18. The van der Waals surface area contributed by atoms with Crippen LogP contribution in [0.3, 0.4) is 0 Å². The molecule has 2 rings (SSSR count). The number of hydrogen-bond donors (Lipinski definition) is 1. The Morgan fingerprint density at radius 1 is 1.57 bits per heavy atom. The third-order valence-corrected chi connectivity index (χ3v) is 3.00. The van der Waals surface area contributed by atoms with Crippen LogP contribution in [0, 0.1) is 0 Å². The second-order valence-corrected chi connectivity index (χ2v) is 4.03. The van der Waals surface area contributed by atoms with Crippen molar-refractivity contribution in [2.24, 2.45) is 0 Å². The number of hydrogen-bond acceptors (Lipinski definition) is 4. The van der Waals surface area contributed by atoms with E-state index < -0.39 is 0 Å². The van der Waals surface area contributed by atoms with Gasteiger partial charge in [-0.1, -0.05) is 6.92 Å². The molecule has 1 N–H and O–H groups in total. The lowest BCUT2D eigenvalue weighted by atomic mass is 10.4. The minimum atomic E-state index is 0.698. The van der Waals surface area contributed by atoms with Gasteiger partial charge in [0, 0.05) is 11.1 Å². The zero-order chi connectivity index (χ0) is 9.80. The Kier molecular flexibility index (Phi) is 2.84. The molecule has 0 bridgehead atoms. The first-order chi connectivity index (χ1) is 6.88. The summed E-state index contributed by atoms with van der Waals surface area (Å²) < 4.78 is 5.20. The highest BCUT2D eigenvalue weighted by molar-refractivity contribution is 7.15. The molecule has 0 unspecified atom stereocenters. The van der Waals surface area contributed by atoms with Gasteiger partial charge in [0.15, 0.2) is 5.13 Å². The number of thiazole rings is 1. The number of aromatic nitrogens is 1. The molecule has 74 valence electrons. The van der Waals surface area contributed by atoms with E-state index in [1.165, 1.54) is 4.88 Å². The van der Waals surface area contributed by atoms with E-state index in [-0.39, 0.29) is 0 Å². The summed E-state index contributed by atoms with van der Waals surface area (Å²) in [7, 11) is 0. The minimum Gasteiger partial charge on any atom is -0.467 e. The molecule has 0 saturated carbocycles. The fourth-order valence-corrected chi connectivity index (χ4v) is 1.88. The third-order valence-electron chi connectivity index (χ3n) is 1.90. The van der Waals surface area contributed by atoms with Gasteiger partial charge in [0.05, 0.1) is 12.8 Å². The van der Waals surface area contributed by atoms with Gasteiger partial charge in [-0.25, -0.2) is 4.98 Å². The minimum absolute atomic E-state index is 0.698. The Morgan fingerprint density at radius 2 is 2.50 bits per heavy atom. The largest absolute Gasteiger partial charge is 0.467 e. The highest BCUT2D eigenvalue weighted by atomic mass is 32.1. The topological polar surface area (TPSA) is 38.1 Å². The fourth-order valence-electron chi connectivity index (χ4n) is 1.13. The maximum absolute atomic E-state index is 5.20. The maximum atomic E-state index is 5.20. The highest BCUT2D eigenvalue weighted by Gasteiger charge is 2.00. The second kappa shape index (κ2) is 4.28. The maximum Gasteiger partial charge on any atom is 0.183 e. The molecule has 0 aliphatic carbocycles. The van der Waals surface area contributed by atoms with Gasteiger partial charge < -0.3 is 9.73 Å². The summed E-state index contributed by atoms with van der Waals surface area (Å²) in [4.78, 5) is 5.55. The summed E-state index contributed by atoms with van der Waals surface area (Å²) in [6.45, 7) is 2.83. The van der Waals surface area contributed by atoms with Crippen molar-refractivity contribution >= 4 is 16.5 Å². The van der Waals surface area contributed by atoms with Crippen LogP contribution >= 0.6 is 11.3 Å². The van der Waals surface area contributed by atoms with Crippen LogP contribution < -0.4 is 5.32 Å². The average Bonchev–Trinajstić information content (AvgIpc) is 2.86. The van der Waals surface area contributed by atoms with Gasteiger partial charge in [-0.3, -0.25) is 0 Å². The van der Waals surface area contributed by atoms with Crippen molar-refractivity contribution in [3.63, 3.8) is 0 Å². The molecule has 0 spiro atoms. The van der Waals surface area contributed by atoms with Crippen LogP contribution in [0.1, 0.15) is 17.6 Å². The van der Waals surface area contributed by atoms with Gasteiger partial charge in [-0.2, -0.15) is 0 Å². The van der Waals surface area contributed by atoms with Crippen LogP contribution in [-0.2, 0) is 13.0 Å². The van der Waals surface area contributed by atoms with Gasteiger partial charge in [0.2, 0.25) is 0 Å². The van der Waals surface area contributed by atoms with Gasteiger partial charge in [-0.15, -0.1) is 11.3 Å². The molecule has 2 aromatic rings. The number of nitrogens with one attached hydrogen (secondary N) is 1. The van der Waals surface area contributed by atoms with E-state index in [4.69, 9.17) is 4.42 Å². The summed E-state index contributed by atoms with van der Waals surface area (Å²) in [5, 5.41) is 4.17.